The average molecular weight is 411 g/mol. The Bertz CT molecular complexity index is 689. The number of alkyl halides is 2. The maximum atomic E-state index is 12.7. The Morgan fingerprint density at radius 2 is 2.00 bits per heavy atom. The lowest BCUT2D eigenvalue weighted by atomic mass is 9.84. The lowest BCUT2D eigenvalue weighted by molar-refractivity contribution is -0.138. The molecule has 1 fully saturated rings. The third-order valence-corrected chi connectivity index (χ3v) is 5.05. The van der Waals surface area contributed by atoms with Gasteiger partial charge in [0.2, 0.25) is 5.91 Å². The topological polar surface area (TPSA) is 66.0 Å². The fourth-order valence-corrected chi connectivity index (χ4v) is 3.65. The Morgan fingerprint density at radius 3 is 2.62 bits per heavy atom. The van der Waals surface area contributed by atoms with Gasteiger partial charge in [0.15, 0.2) is 5.96 Å². The first kappa shape index (κ1) is 22.9. The molecule has 162 valence electrons. The summed E-state index contributed by atoms with van der Waals surface area (Å²) in [6, 6.07) is 6.99. The third-order valence-electron chi connectivity index (χ3n) is 5.05. The van der Waals surface area contributed by atoms with Crippen LogP contribution in [0.15, 0.2) is 29.3 Å². The number of hydrogen-bond donors (Lipinski definition) is 2. The molecule has 1 amide bonds. The number of nitrogens with one attached hydrogen (secondary N) is 2. The molecule has 0 aromatic heterocycles. The van der Waals surface area contributed by atoms with E-state index in [0.717, 1.165) is 31.2 Å². The summed E-state index contributed by atoms with van der Waals surface area (Å²) in [5.41, 5.74) is 0.469. The SMILES string of the molecule is CCNC(=NCc1cccc(OCC(F)F)c1)NCC1(C(=O)N(C)C)CCCC1. The van der Waals surface area contributed by atoms with Crippen LogP contribution in [0.2, 0.25) is 0 Å². The van der Waals surface area contributed by atoms with E-state index in [0.29, 0.717) is 31.3 Å². The molecule has 1 aliphatic carbocycles. The number of benzene rings is 1. The zero-order valence-corrected chi connectivity index (χ0v) is 17.5. The van der Waals surface area contributed by atoms with Crippen molar-refractivity contribution in [3.8, 4) is 5.75 Å². The van der Waals surface area contributed by atoms with Gasteiger partial charge in [-0.05, 0) is 37.5 Å². The summed E-state index contributed by atoms with van der Waals surface area (Å²) in [7, 11) is 3.59. The Morgan fingerprint density at radius 1 is 1.28 bits per heavy atom. The molecule has 1 aliphatic rings. The second-order valence-corrected chi connectivity index (χ2v) is 7.59. The number of carbonyl (C=O) groups excluding carboxylic acids is 1. The van der Waals surface area contributed by atoms with Crippen molar-refractivity contribution in [2.24, 2.45) is 10.4 Å². The number of amides is 1. The first-order valence-electron chi connectivity index (χ1n) is 10.1. The summed E-state index contributed by atoms with van der Waals surface area (Å²) in [4.78, 5) is 19.0. The first-order valence-corrected chi connectivity index (χ1v) is 10.1. The molecule has 0 heterocycles. The fraction of sp³-hybridized carbons (Fsp3) is 0.619. The van der Waals surface area contributed by atoms with Crippen LogP contribution >= 0.6 is 0 Å². The number of carbonyl (C=O) groups is 1. The number of rotatable bonds is 9. The van der Waals surface area contributed by atoms with E-state index in [-0.39, 0.29) is 11.3 Å². The second-order valence-electron chi connectivity index (χ2n) is 7.59. The molecule has 1 saturated carbocycles. The molecule has 0 saturated heterocycles. The van der Waals surface area contributed by atoms with E-state index in [1.54, 1.807) is 37.2 Å². The highest BCUT2D eigenvalue weighted by atomic mass is 19.3. The van der Waals surface area contributed by atoms with Crippen LogP contribution in [-0.2, 0) is 11.3 Å². The van der Waals surface area contributed by atoms with Gasteiger partial charge in [-0.2, -0.15) is 0 Å². The summed E-state index contributed by atoms with van der Waals surface area (Å²) in [6.45, 7) is 2.95. The van der Waals surface area contributed by atoms with Gasteiger partial charge in [-0.1, -0.05) is 25.0 Å². The van der Waals surface area contributed by atoms with Crippen LogP contribution in [0, 0.1) is 5.41 Å². The van der Waals surface area contributed by atoms with Crippen molar-refractivity contribution in [3.63, 3.8) is 0 Å². The van der Waals surface area contributed by atoms with Gasteiger partial charge in [0.25, 0.3) is 6.43 Å². The molecule has 2 rings (SSSR count). The lowest BCUT2D eigenvalue weighted by Gasteiger charge is -2.31. The van der Waals surface area contributed by atoms with Crippen molar-refractivity contribution in [1.82, 2.24) is 15.5 Å². The maximum absolute atomic E-state index is 12.7. The van der Waals surface area contributed by atoms with Crippen LogP contribution in [0.25, 0.3) is 0 Å². The number of nitrogens with zero attached hydrogens (tertiary/aromatic N) is 2. The van der Waals surface area contributed by atoms with Crippen molar-refractivity contribution in [1.29, 1.82) is 0 Å². The Balaban J connectivity index is 2.02. The van der Waals surface area contributed by atoms with Gasteiger partial charge in [-0.25, -0.2) is 13.8 Å². The zero-order chi connectivity index (χ0) is 21.3. The monoisotopic (exact) mass is 410 g/mol. The maximum Gasteiger partial charge on any atom is 0.272 e. The van der Waals surface area contributed by atoms with Gasteiger partial charge in [0.05, 0.1) is 12.0 Å². The number of hydrogen-bond acceptors (Lipinski definition) is 3. The van der Waals surface area contributed by atoms with Crippen molar-refractivity contribution in [3.05, 3.63) is 29.8 Å². The third kappa shape index (κ3) is 6.87. The summed E-state index contributed by atoms with van der Waals surface area (Å²) in [6.07, 6.45) is 1.36. The number of halogens is 2. The number of guanidine groups is 1. The van der Waals surface area contributed by atoms with E-state index in [1.807, 2.05) is 13.0 Å². The Kier molecular flexibility index (Phi) is 8.67. The summed E-state index contributed by atoms with van der Waals surface area (Å²) < 4.78 is 29.7. The second kappa shape index (κ2) is 11.0. The van der Waals surface area contributed by atoms with Crippen LogP contribution in [0.1, 0.15) is 38.2 Å². The molecule has 0 radical (unpaired) electrons. The predicted molar refractivity (Wildman–Crippen MR) is 110 cm³/mol. The lowest BCUT2D eigenvalue weighted by Crippen LogP contribution is -2.49. The van der Waals surface area contributed by atoms with Crippen LogP contribution in [0.3, 0.4) is 0 Å². The molecule has 1 aromatic carbocycles. The quantitative estimate of drug-likeness (QED) is 0.485. The highest BCUT2D eigenvalue weighted by Crippen LogP contribution is 2.38. The van der Waals surface area contributed by atoms with E-state index >= 15 is 0 Å². The molecule has 6 nitrogen and oxygen atoms in total. The molecule has 1 aromatic rings. The Hall–Kier alpha value is -2.38. The minimum atomic E-state index is -2.51. The summed E-state index contributed by atoms with van der Waals surface area (Å²) in [5.74, 6) is 1.18. The van der Waals surface area contributed by atoms with E-state index in [1.165, 1.54) is 0 Å². The van der Waals surface area contributed by atoms with Gasteiger partial charge in [0.1, 0.15) is 12.4 Å². The van der Waals surface area contributed by atoms with E-state index in [2.05, 4.69) is 15.6 Å². The largest absolute Gasteiger partial charge is 0.488 e. The molecule has 0 unspecified atom stereocenters. The molecule has 0 atom stereocenters. The first-order chi connectivity index (χ1) is 13.9. The normalized spacial score (nSPS) is 16.0. The highest BCUT2D eigenvalue weighted by Gasteiger charge is 2.42. The predicted octanol–water partition coefficient (Wildman–Crippen LogP) is 3.03. The number of ether oxygens (including phenoxy) is 1. The number of aliphatic imine (C=N–C) groups is 1. The molecule has 0 spiro atoms. The summed E-state index contributed by atoms with van der Waals surface area (Å²) >= 11 is 0. The van der Waals surface area contributed by atoms with E-state index in [4.69, 9.17) is 4.74 Å². The molecule has 29 heavy (non-hydrogen) atoms. The van der Waals surface area contributed by atoms with E-state index < -0.39 is 13.0 Å². The highest BCUT2D eigenvalue weighted by molar-refractivity contribution is 5.85. The van der Waals surface area contributed by atoms with Crippen LogP contribution < -0.4 is 15.4 Å². The van der Waals surface area contributed by atoms with E-state index in [9.17, 15) is 13.6 Å². The molecule has 0 aliphatic heterocycles. The van der Waals surface area contributed by atoms with Crippen molar-refractivity contribution in [2.45, 2.75) is 45.6 Å². The van der Waals surface area contributed by atoms with Crippen LogP contribution in [-0.4, -0.2) is 57.0 Å². The van der Waals surface area contributed by atoms with Gasteiger partial charge >= 0.3 is 0 Å². The van der Waals surface area contributed by atoms with Crippen LogP contribution in [0.5, 0.6) is 5.75 Å². The smallest absolute Gasteiger partial charge is 0.272 e. The van der Waals surface area contributed by atoms with Gasteiger partial charge in [-0.3, -0.25) is 4.79 Å². The van der Waals surface area contributed by atoms with Gasteiger partial charge in [0, 0.05) is 27.2 Å². The van der Waals surface area contributed by atoms with Crippen molar-refractivity contribution < 1.29 is 18.3 Å². The molecule has 0 bridgehead atoms. The molecular formula is C21H32F2N4O2. The summed E-state index contributed by atoms with van der Waals surface area (Å²) in [5, 5.41) is 6.53. The Labute approximate surface area is 171 Å². The zero-order valence-electron chi connectivity index (χ0n) is 17.5. The minimum Gasteiger partial charge on any atom is -0.488 e. The minimum absolute atomic E-state index is 0.155. The fourth-order valence-electron chi connectivity index (χ4n) is 3.65. The molecular weight excluding hydrogens is 378 g/mol. The van der Waals surface area contributed by atoms with Gasteiger partial charge < -0.3 is 20.3 Å². The standard InChI is InChI=1S/C21H32F2N4O2/c1-4-24-20(26-15-21(10-5-6-11-21)19(28)27(2)3)25-13-16-8-7-9-17(12-16)29-14-18(22)23/h7-9,12,18H,4-6,10-11,13-15H2,1-3H3,(H2,24,25,26). The van der Waals surface area contributed by atoms with Crippen molar-refractivity contribution >= 4 is 11.9 Å². The van der Waals surface area contributed by atoms with Gasteiger partial charge in [-0.15, -0.1) is 0 Å². The average Bonchev–Trinajstić information content (AvgIpc) is 3.18. The molecule has 2 N–H and O–H groups in total. The van der Waals surface area contributed by atoms with Crippen LogP contribution in [0.4, 0.5) is 8.78 Å². The molecule has 8 heteroatoms. The van der Waals surface area contributed by atoms with Crippen molar-refractivity contribution in [2.75, 3.05) is 33.8 Å².